The van der Waals surface area contributed by atoms with Gasteiger partial charge in [0.05, 0.1) is 5.92 Å². The lowest BCUT2D eigenvalue weighted by Gasteiger charge is -2.11. The van der Waals surface area contributed by atoms with Gasteiger partial charge < -0.3 is 10.2 Å². The van der Waals surface area contributed by atoms with E-state index >= 15 is 0 Å². The zero-order valence-electron chi connectivity index (χ0n) is 9.64. The molecule has 0 saturated carbocycles. The summed E-state index contributed by atoms with van der Waals surface area (Å²) in [4.78, 5) is 11.7. The second kappa shape index (κ2) is 5.14. The number of hydrogen-bond acceptors (Lipinski definition) is 3. The van der Waals surface area contributed by atoms with Crippen LogP contribution in [0, 0.1) is 0 Å². The molecule has 0 aromatic heterocycles. The molecule has 2 rings (SSSR count). The number of benzene rings is 1. The van der Waals surface area contributed by atoms with Crippen molar-refractivity contribution in [1.82, 2.24) is 0 Å². The summed E-state index contributed by atoms with van der Waals surface area (Å²) in [5.74, 6) is -3.21. The van der Waals surface area contributed by atoms with Crippen LogP contribution in [0.15, 0.2) is 53.6 Å². The van der Waals surface area contributed by atoms with Crippen molar-refractivity contribution in [2.75, 3.05) is 6.61 Å². The van der Waals surface area contributed by atoms with Crippen LogP contribution in [0.2, 0.25) is 0 Å². The number of aliphatic hydroxyl groups is 2. The van der Waals surface area contributed by atoms with Gasteiger partial charge in [0.2, 0.25) is 5.78 Å². The van der Waals surface area contributed by atoms with Crippen LogP contribution in [0.3, 0.4) is 0 Å². The quantitative estimate of drug-likeness (QED) is 0.807. The molecular formula is C14H13FO3. The molecule has 0 fully saturated rings. The summed E-state index contributed by atoms with van der Waals surface area (Å²) < 4.78 is 13.9. The fraction of sp³-hybridized carbons (Fsp3) is 0.214. The Morgan fingerprint density at radius 3 is 2.56 bits per heavy atom. The second-order valence-electron chi connectivity index (χ2n) is 4.04. The average molecular weight is 248 g/mol. The molecule has 1 aromatic rings. The molecule has 1 aromatic carbocycles. The number of ketones is 1. The van der Waals surface area contributed by atoms with E-state index in [-0.39, 0.29) is 18.6 Å². The molecule has 0 amide bonds. The van der Waals surface area contributed by atoms with Crippen LogP contribution in [-0.2, 0) is 4.79 Å². The third-order valence-electron chi connectivity index (χ3n) is 2.89. The molecule has 18 heavy (non-hydrogen) atoms. The Labute approximate surface area is 104 Å². The largest absolute Gasteiger partial charge is 0.502 e. The normalized spacial score (nSPS) is 22.0. The highest BCUT2D eigenvalue weighted by Crippen LogP contribution is 2.41. The highest BCUT2D eigenvalue weighted by Gasteiger charge is 2.38. The summed E-state index contributed by atoms with van der Waals surface area (Å²) in [7, 11) is 0. The fourth-order valence-corrected chi connectivity index (χ4v) is 2.05. The van der Waals surface area contributed by atoms with Gasteiger partial charge in [-0.25, -0.2) is 4.39 Å². The smallest absolute Gasteiger partial charge is 0.226 e. The third-order valence-corrected chi connectivity index (χ3v) is 2.89. The van der Waals surface area contributed by atoms with Gasteiger partial charge in [-0.2, -0.15) is 0 Å². The van der Waals surface area contributed by atoms with Gasteiger partial charge in [-0.05, 0) is 12.0 Å². The van der Waals surface area contributed by atoms with E-state index < -0.39 is 23.3 Å². The van der Waals surface area contributed by atoms with Crippen LogP contribution < -0.4 is 0 Å². The molecule has 0 saturated heterocycles. The van der Waals surface area contributed by atoms with Crippen molar-refractivity contribution < 1.29 is 19.4 Å². The van der Waals surface area contributed by atoms with Crippen molar-refractivity contribution in [2.45, 2.75) is 12.3 Å². The van der Waals surface area contributed by atoms with Crippen molar-refractivity contribution in [3.63, 3.8) is 0 Å². The Kier molecular flexibility index (Phi) is 3.58. The molecule has 3 nitrogen and oxygen atoms in total. The SMILES string of the molecule is O=C1C(O)=C(F)C(c2ccccc2)/C1=C\CCO. The highest BCUT2D eigenvalue weighted by atomic mass is 19.1. The lowest BCUT2D eigenvalue weighted by Crippen LogP contribution is -2.05. The summed E-state index contributed by atoms with van der Waals surface area (Å²) in [6.45, 7) is -0.124. The topological polar surface area (TPSA) is 57.5 Å². The summed E-state index contributed by atoms with van der Waals surface area (Å²) >= 11 is 0. The minimum absolute atomic E-state index is 0.124. The number of carbonyl (C=O) groups is 1. The van der Waals surface area contributed by atoms with Gasteiger partial charge in [0.15, 0.2) is 11.6 Å². The van der Waals surface area contributed by atoms with Crippen molar-refractivity contribution in [1.29, 1.82) is 0 Å². The molecule has 2 N–H and O–H groups in total. The maximum absolute atomic E-state index is 13.9. The van der Waals surface area contributed by atoms with Gasteiger partial charge in [-0.3, -0.25) is 4.79 Å². The first kappa shape index (κ1) is 12.5. The molecule has 1 aliphatic rings. The predicted molar refractivity (Wildman–Crippen MR) is 64.7 cm³/mol. The molecule has 0 heterocycles. The van der Waals surface area contributed by atoms with Crippen molar-refractivity contribution in [2.24, 2.45) is 0 Å². The Balaban J connectivity index is 2.45. The molecule has 1 aliphatic carbocycles. The number of rotatable bonds is 3. The number of halogens is 1. The van der Waals surface area contributed by atoms with E-state index in [0.717, 1.165) is 0 Å². The van der Waals surface area contributed by atoms with Crippen LogP contribution in [0.1, 0.15) is 17.9 Å². The van der Waals surface area contributed by atoms with Gasteiger partial charge in [-0.15, -0.1) is 0 Å². The van der Waals surface area contributed by atoms with E-state index in [2.05, 4.69) is 0 Å². The van der Waals surface area contributed by atoms with E-state index in [1.807, 2.05) is 0 Å². The lowest BCUT2D eigenvalue weighted by atomic mass is 9.92. The van der Waals surface area contributed by atoms with E-state index in [1.165, 1.54) is 6.08 Å². The van der Waals surface area contributed by atoms with Gasteiger partial charge in [0.1, 0.15) is 0 Å². The first-order chi connectivity index (χ1) is 8.66. The first-order valence-electron chi connectivity index (χ1n) is 5.66. The molecule has 1 unspecified atom stereocenters. The molecule has 0 radical (unpaired) electrons. The molecule has 94 valence electrons. The van der Waals surface area contributed by atoms with Crippen molar-refractivity contribution in [3.8, 4) is 0 Å². The molecule has 4 heteroatoms. The molecule has 1 atom stereocenters. The Bertz CT molecular complexity index is 517. The van der Waals surface area contributed by atoms with E-state index in [0.29, 0.717) is 5.56 Å². The minimum atomic E-state index is -0.856. The standard InChI is InChI=1S/C14H13FO3/c15-12-11(9-5-2-1-3-6-9)10(7-4-8-16)13(17)14(12)18/h1-3,5-7,11,16,18H,4,8H2/b10-7+. The second-order valence-corrected chi connectivity index (χ2v) is 4.04. The number of Topliss-reactive ketones (excluding diaryl/α,β-unsaturated/α-hetero) is 1. The summed E-state index contributed by atoms with van der Waals surface area (Å²) in [5.41, 5.74) is 0.793. The number of carbonyl (C=O) groups excluding carboxylic acids is 1. The van der Waals surface area contributed by atoms with Crippen molar-refractivity contribution >= 4 is 5.78 Å². The van der Waals surface area contributed by atoms with E-state index in [9.17, 15) is 14.3 Å². The maximum atomic E-state index is 13.9. The lowest BCUT2D eigenvalue weighted by molar-refractivity contribution is -0.114. The van der Waals surface area contributed by atoms with Crippen LogP contribution >= 0.6 is 0 Å². The molecule has 0 spiro atoms. The van der Waals surface area contributed by atoms with Crippen LogP contribution in [0.5, 0.6) is 0 Å². The Morgan fingerprint density at radius 2 is 1.94 bits per heavy atom. The van der Waals surface area contributed by atoms with Gasteiger partial charge in [-0.1, -0.05) is 36.4 Å². The molecule has 0 aliphatic heterocycles. The van der Waals surface area contributed by atoms with Gasteiger partial charge >= 0.3 is 0 Å². The van der Waals surface area contributed by atoms with E-state index in [1.54, 1.807) is 30.3 Å². The summed E-state index contributed by atoms with van der Waals surface area (Å²) in [5, 5.41) is 18.2. The number of allylic oxidation sites excluding steroid dienone is 2. The summed E-state index contributed by atoms with van der Waals surface area (Å²) in [6, 6.07) is 8.67. The van der Waals surface area contributed by atoms with Gasteiger partial charge in [0, 0.05) is 12.2 Å². The van der Waals surface area contributed by atoms with Crippen LogP contribution in [0.25, 0.3) is 0 Å². The Hall–Kier alpha value is -1.94. The predicted octanol–water partition coefficient (Wildman–Crippen LogP) is 2.40. The first-order valence-corrected chi connectivity index (χ1v) is 5.66. The number of aliphatic hydroxyl groups excluding tert-OH is 2. The van der Waals surface area contributed by atoms with Crippen molar-refractivity contribution in [3.05, 3.63) is 59.1 Å². The number of hydrogen-bond donors (Lipinski definition) is 2. The Morgan fingerprint density at radius 1 is 1.28 bits per heavy atom. The van der Waals surface area contributed by atoms with Gasteiger partial charge in [0.25, 0.3) is 0 Å². The summed E-state index contributed by atoms with van der Waals surface area (Å²) in [6.07, 6.45) is 1.73. The fourth-order valence-electron chi connectivity index (χ4n) is 2.05. The monoisotopic (exact) mass is 248 g/mol. The highest BCUT2D eigenvalue weighted by molar-refractivity contribution is 6.11. The zero-order valence-corrected chi connectivity index (χ0v) is 9.64. The van der Waals surface area contributed by atoms with E-state index in [4.69, 9.17) is 5.11 Å². The zero-order chi connectivity index (χ0) is 13.1. The molecule has 0 bridgehead atoms. The molecular weight excluding hydrogens is 235 g/mol. The van der Waals surface area contributed by atoms with Crippen LogP contribution in [-0.4, -0.2) is 22.6 Å². The average Bonchev–Trinajstić information content (AvgIpc) is 2.62. The third kappa shape index (κ3) is 2.07. The maximum Gasteiger partial charge on any atom is 0.226 e. The minimum Gasteiger partial charge on any atom is -0.502 e. The van der Waals surface area contributed by atoms with Crippen LogP contribution in [0.4, 0.5) is 4.39 Å².